The fourth-order valence-electron chi connectivity index (χ4n) is 1.65. The summed E-state index contributed by atoms with van der Waals surface area (Å²) in [5.74, 6) is -0.876. The van der Waals surface area contributed by atoms with Crippen molar-refractivity contribution in [2.24, 2.45) is 0 Å². The first kappa shape index (κ1) is 15.4. The van der Waals surface area contributed by atoms with Gasteiger partial charge in [-0.1, -0.05) is 0 Å². The minimum Gasteiger partial charge on any atom is -0.477 e. The Balaban J connectivity index is 2.75. The lowest BCUT2D eigenvalue weighted by atomic mass is 10.1. The smallest absolute Gasteiger partial charge is 0.341 e. The number of nitrogens with zero attached hydrogens (tertiary/aromatic N) is 1. The Morgan fingerprint density at radius 3 is 2.47 bits per heavy atom. The van der Waals surface area contributed by atoms with Gasteiger partial charge in [-0.15, -0.1) is 0 Å². The Labute approximate surface area is 113 Å². The van der Waals surface area contributed by atoms with Gasteiger partial charge < -0.3 is 14.6 Å². The molecule has 1 N–H and O–H groups in total. The quantitative estimate of drug-likeness (QED) is 0.830. The van der Waals surface area contributed by atoms with Gasteiger partial charge in [-0.05, 0) is 46.2 Å². The van der Waals surface area contributed by atoms with Crippen LogP contribution in [0.2, 0.25) is 0 Å². The van der Waals surface area contributed by atoms with Gasteiger partial charge in [0.1, 0.15) is 12.2 Å². The number of ether oxygens (including phenoxy) is 2. The summed E-state index contributed by atoms with van der Waals surface area (Å²) in [6, 6.07) is 1.72. The molecule has 0 aliphatic carbocycles. The average molecular weight is 267 g/mol. The van der Waals surface area contributed by atoms with Crippen molar-refractivity contribution in [3.63, 3.8) is 0 Å². The van der Waals surface area contributed by atoms with Crippen molar-refractivity contribution >= 4 is 5.97 Å². The largest absolute Gasteiger partial charge is 0.477 e. The van der Waals surface area contributed by atoms with Gasteiger partial charge in [-0.25, -0.2) is 9.78 Å². The van der Waals surface area contributed by atoms with E-state index in [0.717, 1.165) is 5.69 Å². The SMILES string of the molecule is Cc1cc(C)c(C(=O)O)c(OCCOC(C)(C)C)n1. The van der Waals surface area contributed by atoms with Crippen LogP contribution in [0.25, 0.3) is 0 Å². The second kappa shape index (κ2) is 6.02. The zero-order chi connectivity index (χ0) is 14.6. The molecule has 5 nitrogen and oxygen atoms in total. The Morgan fingerprint density at radius 1 is 1.32 bits per heavy atom. The van der Waals surface area contributed by atoms with Crippen molar-refractivity contribution < 1.29 is 19.4 Å². The fraction of sp³-hybridized carbons (Fsp3) is 0.571. The molecular weight excluding hydrogens is 246 g/mol. The van der Waals surface area contributed by atoms with Crippen LogP contribution in [0.5, 0.6) is 5.88 Å². The lowest BCUT2D eigenvalue weighted by Gasteiger charge is -2.19. The number of hydrogen-bond acceptors (Lipinski definition) is 4. The second-order valence-electron chi connectivity index (χ2n) is 5.38. The molecule has 1 heterocycles. The van der Waals surface area contributed by atoms with E-state index >= 15 is 0 Å². The summed E-state index contributed by atoms with van der Waals surface area (Å²) in [5.41, 5.74) is 1.25. The van der Waals surface area contributed by atoms with Crippen molar-refractivity contribution in [3.05, 3.63) is 22.9 Å². The number of aromatic carboxylic acids is 1. The number of carboxylic acids is 1. The number of pyridine rings is 1. The molecule has 0 saturated carbocycles. The Kier molecular flexibility index (Phi) is 4.89. The van der Waals surface area contributed by atoms with Gasteiger partial charge in [0.2, 0.25) is 5.88 Å². The summed E-state index contributed by atoms with van der Waals surface area (Å²) in [6.45, 7) is 10.0. The van der Waals surface area contributed by atoms with Gasteiger partial charge in [0.05, 0.1) is 12.2 Å². The molecule has 1 aromatic heterocycles. The number of carboxylic acid groups (broad SMARTS) is 1. The predicted octanol–water partition coefficient (Wildman–Crippen LogP) is 2.59. The topological polar surface area (TPSA) is 68.7 Å². The molecule has 106 valence electrons. The average Bonchev–Trinajstić information content (AvgIpc) is 2.21. The summed E-state index contributed by atoms with van der Waals surface area (Å²) >= 11 is 0. The van der Waals surface area contributed by atoms with E-state index in [0.29, 0.717) is 12.2 Å². The molecule has 1 rings (SSSR count). The molecule has 0 spiro atoms. The second-order valence-corrected chi connectivity index (χ2v) is 5.38. The Morgan fingerprint density at radius 2 is 1.95 bits per heavy atom. The molecule has 1 aromatic rings. The molecule has 0 amide bonds. The van der Waals surface area contributed by atoms with Crippen molar-refractivity contribution in [1.29, 1.82) is 0 Å². The standard InChI is InChI=1S/C14H21NO4/c1-9-8-10(2)15-12(11(9)13(16)17)18-6-7-19-14(3,4)5/h8H,6-7H2,1-5H3,(H,16,17). The summed E-state index contributed by atoms with van der Waals surface area (Å²) in [5, 5.41) is 9.17. The number of carbonyl (C=O) groups is 1. The maximum atomic E-state index is 11.2. The third-order valence-corrected chi connectivity index (χ3v) is 2.38. The van der Waals surface area contributed by atoms with Crippen LogP contribution < -0.4 is 4.74 Å². The monoisotopic (exact) mass is 267 g/mol. The molecular formula is C14H21NO4. The molecule has 0 unspecified atom stereocenters. The third-order valence-electron chi connectivity index (χ3n) is 2.38. The lowest BCUT2D eigenvalue weighted by Crippen LogP contribution is -2.23. The first-order valence-corrected chi connectivity index (χ1v) is 6.19. The van der Waals surface area contributed by atoms with Crippen molar-refractivity contribution in [3.8, 4) is 5.88 Å². The number of aromatic nitrogens is 1. The number of hydrogen-bond donors (Lipinski definition) is 1. The van der Waals surface area contributed by atoms with Gasteiger partial charge >= 0.3 is 5.97 Å². The van der Waals surface area contributed by atoms with E-state index in [-0.39, 0.29) is 23.7 Å². The maximum absolute atomic E-state index is 11.2. The molecule has 0 aliphatic heterocycles. The van der Waals surface area contributed by atoms with Crippen molar-refractivity contribution in [1.82, 2.24) is 4.98 Å². The Bertz CT molecular complexity index is 463. The molecule has 0 bridgehead atoms. The van der Waals surface area contributed by atoms with Crippen LogP contribution in [0, 0.1) is 13.8 Å². The van der Waals surface area contributed by atoms with E-state index < -0.39 is 5.97 Å². The summed E-state index contributed by atoms with van der Waals surface area (Å²) in [7, 11) is 0. The van der Waals surface area contributed by atoms with E-state index in [4.69, 9.17) is 9.47 Å². The van der Waals surface area contributed by atoms with Crippen molar-refractivity contribution in [2.45, 2.75) is 40.2 Å². The van der Waals surface area contributed by atoms with Gasteiger partial charge in [-0.3, -0.25) is 0 Å². The van der Waals surface area contributed by atoms with Gasteiger partial charge in [0, 0.05) is 5.69 Å². The molecule has 0 atom stereocenters. The highest BCUT2D eigenvalue weighted by molar-refractivity contribution is 5.91. The normalized spacial score (nSPS) is 11.4. The van der Waals surface area contributed by atoms with Crippen LogP contribution in [0.15, 0.2) is 6.07 Å². The summed E-state index contributed by atoms with van der Waals surface area (Å²) < 4.78 is 11.0. The molecule has 5 heteroatoms. The van der Waals surface area contributed by atoms with E-state index in [9.17, 15) is 9.90 Å². The molecule has 0 radical (unpaired) electrons. The van der Waals surface area contributed by atoms with Gasteiger partial charge in [0.15, 0.2) is 0 Å². The van der Waals surface area contributed by atoms with Crippen LogP contribution >= 0.6 is 0 Å². The molecule has 0 saturated heterocycles. The van der Waals surface area contributed by atoms with Crippen molar-refractivity contribution in [2.75, 3.05) is 13.2 Å². The van der Waals surface area contributed by atoms with Gasteiger partial charge in [-0.2, -0.15) is 0 Å². The molecule has 0 aromatic carbocycles. The first-order chi connectivity index (χ1) is 8.70. The highest BCUT2D eigenvalue weighted by Gasteiger charge is 2.17. The van der Waals surface area contributed by atoms with Crippen LogP contribution in [0.1, 0.15) is 42.4 Å². The van der Waals surface area contributed by atoms with Crippen LogP contribution in [-0.2, 0) is 4.74 Å². The summed E-state index contributed by atoms with van der Waals surface area (Å²) in [4.78, 5) is 15.3. The fourth-order valence-corrected chi connectivity index (χ4v) is 1.65. The van der Waals surface area contributed by atoms with Crippen LogP contribution in [0.4, 0.5) is 0 Å². The van der Waals surface area contributed by atoms with Gasteiger partial charge in [0.25, 0.3) is 0 Å². The lowest BCUT2D eigenvalue weighted by molar-refractivity contribution is -0.0170. The van der Waals surface area contributed by atoms with E-state index in [1.54, 1.807) is 19.9 Å². The molecule has 0 fully saturated rings. The zero-order valence-electron chi connectivity index (χ0n) is 12.1. The molecule has 19 heavy (non-hydrogen) atoms. The van der Waals surface area contributed by atoms with Crippen LogP contribution in [-0.4, -0.2) is 34.9 Å². The number of rotatable bonds is 5. The van der Waals surface area contributed by atoms with Crippen LogP contribution in [0.3, 0.4) is 0 Å². The minimum absolute atomic E-state index is 0.112. The minimum atomic E-state index is -1.03. The zero-order valence-corrected chi connectivity index (χ0v) is 12.1. The molecule has 0 aliphatic rings. The summed E-state index contributed by atoms with van der Waals surface area (Å²) in [6.07, 6.45) is 0. The highest BCUT2D eigenvalue weighted by atomic mass is 16.5. The van der Waals surface area contributed by atoms with E-state index in [2.05, 4.69) is 4.98 Å². The predicted molar refractivity (Wildman–Crippen MR) is 71.9 cm³/mol. The van der Waals surface area contributed by atoms with E-state index in [1.165, 1.54) is 0 Å². The Hall–Kier alpha value is -1.62. The number of aryl methyl sites for hydroxylation is 2. The first-order valence-electron chi connectivity index (χ1n) is 6.19. The van der Waals surface area contributed by atoms with E-state index in [1.807, 2.05) is 20.8 Å². The highest BCUT2D eigenvalue weighted by Crippen LogP contribution is 2.21. The maximum Gasteiger partial charge on any atom is 0.341 e. The third kappa shape index (κ3) is 4.87.